The molecule has 0 saturated carbocycles. The van der Waals surface area contributed by atoms with E-state index in [-0.39, 0.29) is 17.2 Å². The average molecular weight is 544 g/mol. The molecular weight excluding hydrogens is 515 g/mol. The quantitative estimate of drug-likeness (QED) is 0.197. The molecule has 0 saturated heterocycles. The molecule has 3 rings (SSSR count). The van der Waals surface area contributed by atoms with Gasteiger partial charge in [-0.05, 0) is 42.8 Å². The van der Waals surface area contributed by atoms with Crippen molar-refractivity contribution >= 4 is 17.7 Å². The fourth-order valence-electron chi connectivity index (χ4n) is 3.71. The second-order valence-corrected chi connectivity index (χ2v) is 8.45. The van der Waals surface area contributed by atoms with Crippen molar-refractivity contribution in [2.24, 2.45) is 5.73 Å². The number of nitrogens with two attached hydrogens (primary N) is 1. The molecule has 0 atom stereocenters. The third-order valence-electron chi connectivity index (χ3n) is 5.49. The number of anilines is 2. The van der Waals surface area contributed by atoms with Crippen molar-refractivity contribution in [2.45, 2.75) is 25.7 Å². The maximum absolute atomic E-state index is 12.7. The zero-order valence-corrected chi connectivity index (χ0v) is 20.9. The van der Waals surface area contributed by atoms with Crippen LogP contribution in [0.2, 0.25) is 0 Å². The number of alkyl halides is 3. The van der Waals surface area contributed by atoms with Crippen molar-refractivity contribution in [2.75, 3.05) is 36.8 Å². The number of hydrogen-bond donors (Lipinski definition) is 4. The number of para-hydroxylation sites is 2. The maximum atomic E-state index is 12.7. The van der Waals surface area contributed by atoms with Crippen LogP contribution in [0.1, 0.15) is 18.4 Å². The molecule has 0 fully saturated rings. The van der Waals surface area contributed by atoms with E-state index in [2.05, 4.69) is 35.1 Å². The van der Waals surface area contributed by atoms with Gasteiger partial charge in [-0.25, -0.2) is 16.4 Å². The second kappa shape index (κ2) is 13.9. The number of urea groups is 1. The zero-order chi connectivity index (χ0) is 28.3. The molecule has 10 nitrogen and oxygen atoms in total. The summed E-state index contributed by atoms with van der Waals surface area (Å²) in [5.41, 5.74) is 6.82. The van der Waals surface area contributed by atoms with Crippen molar-refractivity contribution in [3.8, 4) is 16.9 Å². The molecule has 0 aliphatic heterocycles. The highest BCUT2D eigenvalue weighted by atomic mass is 19.4. The van der Waals surface area contributed by atoms with Crippen molar-refractivity contribution in [3.63, 3.8) is 0 Å². The van der Waals surface area contributed by atoms with Gasteiger partial charge in [-0.2, -0.15) is 0 Å². The number of amides is 2. The molecule has 13 heteroatoms. The number of aromatic amines is 1. The van der Waals surface area contributed by atoms with E-state index in [0.717, 1.165) is 37.6 Å². The largest absolute Gasteiger partial charge is 0.573 e. The van der Waals surface area contributed by atoms with E-state index in [4.69, 9.17) is 12.3 Å². The summed E-state index contributed by atoms with van der Waals surface area (Å²) in [5.74, 6) is -0.784. The monoisotopic (exact) mass is 543 g/mol. The second-order valence-electron chi connectivity index (χ2n) is 8.45. The first-order valence-corrected chi connectivity index (χ1v) is 12.1. The summed E-state index contributed by atoms with van der Waals surface area (Å²) in [5, 5.41) is 4.52. The molecule has 39 heavy (non-hydrogen) atoms. The number of carbonyl (C=O) groups excluding carboxylic acids is 1. The minimum absolute atomic E-state index is 0.193. The lowest BCUT2D eigenvalue weighted by atomic mass is 10.1. The van der Waals surface area contributed by atoms with Crippen LogP contribution < -0.4 is 26.7 Å². The zero-order valence-electron chi connectivity index (χ0n) is 20.9. The van der Waals surface area contributed by atoms with Crippen LogP contribution in [0.3, 0.4) is 0 Å². The van der Waals surface area contributed by atoms with Crippen LogP contribution in [-0.2, 0) is 6.54 Å². The fraction of sp³-hybridized carbons (Fsp3) is 0.308. The molecule has 1 aromatic heterocycles. The topological polar surface area (TPSA) is 130 Å². The molecule has 0 radical (unpaired) electrons. The molecule has 206 valence electrons. The summed E-state index contributed by atoms with van der Waals surface area (Å²) in [6.45, 7) is 10.3. The Hall–Kier alpha value is -4.41. The van der Waals surface area contributed by atoms with Crippen LogP contribution in [-0.4, -0.2) is 53.4 Å². The number of H-pyrrole nitrogens is 1. The summed E-state index contributed by atoms with van der Waals surface area (Å²) in [6, 6.07) is 11.5. The first kappa shape index (κ1) is 29.2. The van der Waals surface area contributed by atoms with Crippen LogP contribution in [0.4, 0.5) is 29.6 Å². The van der Waals surface area contributed by atoms with Gasteiger partial charge >= 0.3 is 12.4 Å². The number of benzene rings is 2. The standard InChI is InChI=1S/C26H28F3N7O3/c1-31-13-5-15-36(14-4-12-30)17-18-8-10-19(11-9-18)20-16-32-24(34-23(20)37)35-25(38)33-21-6-2-3-7-22(21)39-26(27,28)29/h2-3,6-11,16H,4-5,12-15,17,30H2,(H3,32,33,34,35,37,38). The van der Waals surface area contributed by atoms with Gasteiger partial charge in [0.25, 0.3) is 5.56 Å². The van der Waals surface area contributed by atoms with Gasteiger partial charge in [0, 0.05) is 25.7 Å². The number of halogens is 3. The molecule has 0 bridgehead atoms. The van der Waals surface area contributed by atoms with E-state index in [1.807, 2.05) is 12.1 Å². The predicted octanol–water partition coefficient (Wildman–Crippen LogP) is 4.44. The molecule has 2 amide bonds. The van der Waals surface area contributed by atoms with Gasteiger partial charge in [-0.3, -0.25) is 20.0 Å². The SMILES string of the molecule is [C-]#[N+]CCCN(CCCN)Cc1ccc(-c2cnc(NC(=O)Nc3ccccc3OC(F)(F)F)[nH]c2=O)cc1. The van der Waals surface area contributed by atoms with E-state index in [9.17, 15) is 22.8 Å². The highest BCUT2D eigenvalue weighted by Gasteiger charge is 2.32. The number of nitrogens with zero attached hydrogens (tertiary/aromatic N) is 3. The van der Waals surface area contributed by atoms with Crippen LogP contribution in [0.5, 0.6) is 5.75 Å². The number of ether oxygens (including phenoxy) is 1. The minimum Gasteiger partial charge on any atom is -0.404 e. The first-order chi connectivity index (χ1) is 18.7. The summed E-state index contributed by atoms with van der Waals surface area (Å²) in [6.07, 6.45) is -2.01. The number of nitrogens with one attached hydrogen (secondary N) is 3. The lowest BCUT2D eigenvalue weighted by Crippen LogP contribution is -2.27. The Labute approximate surface area is 222 Å². The third-order valence-corrected chi connectivity index (χ3v) is 5.49. The number of aromatic nitrogens is 2. The van der Waals surface area contributed by atoms with Gasteiger partial charge in [0.2, 0.25) is 12.5 Å². The number of carbonyl (C=O) groups is 1. The van der Waals surface area contributed by atoms with Gasteiger partial charge in [0.15, 0.2) is 5.75 Å². The van der Waals surface area contributed by atoms with Gasteiger partial charge in [-0.15, -0.1) is 13.2 Å². The van der Waals surface area contributed by atoms with E-state index in [0.29, 0.717) is 25.2 Å². The molecule has 0 spiro atoms. The highest BCUT2D eigenvalue weighted by molar-refractivity contribution is 5.99. The van der Waals surface area contributed by atoms with Gasteiger partial charge in [-0.1, -0.05) is 36.4 Å². The van der Waals surface area contributed by atoms with E-state index in [1.165, 1.54) is 24.4 Å². The molecule has 0 unspecified atom stereocenters. The van der Waals surface area contributed by atoms with Crippen molar-refractivity contribution in [1.82, 2.24) is 14.9 Å². The summed E-state index contributed by atoms with van der Waals surface area (Å²) < 4.78 is 41.7. The highest BCUT2D eigenvalue weighted by Crippen LogP contribution is 2.30. The smallest absolute Gasteiger partial charge is 0.404 e. The molecule has 1 heterocycles. The Morgan fingerprint density at radius 3 is 2.49 bits per heavy atom. The summed E-state index contributed by atoms with van der Waals surface area (Å²) in [4.78, 5) is 37.1. The molecule has 0 aliphatic carbocycles. The number of rotatable bonds is 12. The maximum Gasteiger partial charge on any atom is 0.573 e. The van der Waals surface area contributed by atoms with E-state index < -0.39 is 23.7 Å². The molecule has 0 aliphatic rings. The normalized spacial score (nSPS) is 11.2. The van der Waals surface area contributed by atoms with Crippen molar-refractivity contribution in [1.29, 1.82) is 0 Å². The van der Waals surface area contributed by atoms with Gasteiger partial charge in [0.05, 0.1) is 11.3 Å². The Morgan fingerprint density at radius 1 is 1.10 bits per heavy atom. The van der Waals surface area contributed by atoms with Crippen molar-refractivity contribution < 1.29 is 22.7 Å². The van der Waals surface area contributed by atoms with Gasteiger partial charge in [0.1, 0.15) is 0 Å². The van der Waals surface area contributed by atoms with Gasteiger partial charge < -0.3 is 20.6 Å². The lowest BCUT2D eigenvalue weighted by molar-refractivity contribution is -0.274. The van der Waals surface area contributed by atoms with E-state index >= 15 is 0 Å². The first-order valence-electron chi connectivity index (χ1n) is 12.1. The predicted molar refractivity (Wildman–Crippen MR) is 141 cm³/mol. The molecule has 3 aromatic rings. The average Bonchev–Trinajstić information content (AvgIpc) is 2.88. The Balaban J connectivity index is 1.64. The third kappa shape index (κ3) is 9.44. The molecule has 2 aromatic carbocycles. The lowest BCUT2D eigenvalue weighted by Gasteiger charge is -2.21. The van der Waals surface area contributed by atoms with Crippen molar-refractivity contribution in [3.05, 3.63) is 82.1 Å². The fourth-order valence-corrected chi connectivity index (χ4v) is 3.71. The van der Waals surface area contributed by atoms with Crippen LogP contribution in [0.15, 0.2) is 59.5 Å². The van der Waals surface area contributed by atoms with Crippen LogP contribution >= 0.6 is 0 Å². The number of hydrogen-bond acceptors (Lipinski definition) is 6. The van der Waals surface area contributed by atoms with Crippen LogP contribution in [0.25, 0.3) is 16.0 Å². The Kier molecular flexibility index (Phi) is 10.4. The Morgan fingerprint density at radius 2 is 1.82 bits per heavy atom. The summed E-state index contributed by atoms with van der Waals surface area (Å²) >= 11 is 0. The minimum atomic E-state index is -4.93. The Bertz CT molecular complexity index is 1340. The van der Waals surface area contributed by atoms with E-state index in [1.54, 1.807) is 12.1 Å². The molecule has 5 N–H and O–H groups in total. The summed E-state index contributed by atoms with van der Waals surface area (Å²) in [7, 11) is 0. The van der Waals surface area contributed by atoms with Crippen LogP contribution in [0, 0.1) is 6.57 Å². The molecular formula is C26H28F3N7O3.